The molecule has 0 saturated carbocycles. The Kier molecular flexibility index (Phi) is 9.42. The van der Waals surface area contributed by atoms with Gasteiger partial charge in [-0.05, 0) is 29.8 Å². The molecule has 26 heavy (non-hydrogen) atoms. The van der Waals surface area contributed by atoms with Crippen LogP contribution in [0.4, 0.5) is 0 Å². The Labute approximate surface area is 172 Å². The number of hydrogen-bond donors (Lipinski definition) is 2. The number of benzene rings is 2. The molecule has 0 aliphatic heterocycles. The van der Waals surface area contributed by atoms with E-state index in [-0.39, 0.29) is 36.3 Å². The zero-order chi connectivity index (χ0) is 18.1. The van der Waals surface area contributed by atoms with E-state index >= 15 is 0 Å². The van der Waals surface area contributed by atoms with Crippen molar-refractivity contribution in [1.29, 1.82) is 0 Å². The van der Waals surface area contributed by atoms with Crippen LogP contribution in [0.15, 0.2) is 64.5 Å². The molecule has 0 bridgehead atoms. The topological polar surface area (TPSA) is 79.8 Å². The van der Waals surface area contributed by atoms with Gasteiger partial charge in [0.05, 0.1) is 17.8 Å². The average Bonchev–Trinajstić information content (AvgIpc) is 2.65. The van der Waals surface area contributed by atoms with Crippen LogP contribution in [0.25, 0.3) is 0 Å². The van der Waals surface area contributed by atoms with Crippen molar-refractivity contribution in [1.82, 2.24) is 10.6 Å². The quantitative estimate of drug-likeness (QED) is 0.355. The molecule has 2 N–H and O–H groups in total. The molecule has 142 valence electrons. The normalized spacial score (nSPS) is 11.4. The average molecular weight is 489 g/mol. The summed E-state index contributed by atoms with van der Waals surface area (Å²) in [6.45, 7) is 0.831. The van der Waals surface area contributed by atoms with E-state index in [1.54, 1.807) is 44.5 Å². The van der Waals surface area contributed by atoms with Gasteiger partial charge in [-0.15, -0.1) is 24.0 Å². The summed E-state index contributed by atoms with van der Waals surface area (Å²) in [5.41, 5.74) is 1.04. The molecule has 0 amide bonds. The fraction of sp³-hybridized carbons (Fsp3) is 0.278. The minimum atomic E-state index is -3.30. The lowest BCUT2D eigenvalue weighted by molar-refractivity contribution is 0.414. The monoisotopic (exact) mass is 489 g/mol. The van der Waals surface area contributed by atoms with E-state index in [4.69, 9.17) is 4.74 Å². The minimum Gasteiger partial charge on any atom is -0.497 e. The van der Waals surface area contributed by atoms with Crippen molar-refractivity contribution in [2.45, 2.75) is 11.4 Å². The molecule has 0 radical (unpaired) electrons. The number of nitrogens with zero attached hydrogens (tertiary/aromatic N) is 1. The third-order valence-electron chi connectivity index (χ3n) is 3.58. The second-order valence-corrected chi connectivity index (χ2v) is 7.45. The number of hydrogen-bond acceptors (Lipinski definition) is 4. The molecule has 0 saturated heterocycles. The van der Waals surface area contributed by atoms with Crippen molar-refractivity contribution in [2.24, 2.45) is 4.99 Å². The van der Waals surface area contributed by atoms with Gasteiger partial charge in [-0.2, -0.15) is 0 Å². The summed E-state index contributed by atoms with van der Waals surface area (Å²) in [5.74, 6) is 1.33. The molecule has 2 aromatic carbocycles. The summed E-state index contributed by atoms with van der Waals surface area (Å²) in [6, 6.07) is 16.1. The fourth-order valence-electron chi connectivity index (χ4n) is 2.24. The Bertz CT molecular complexity index is 811. The highest BCUT2D eigenvalue weighted by Crippen LogP contribution is 2.12. The molecule has 0 fully saturated rings. The first-order valence-corrected chi connectivity index (χ1v) is 9.55. The minimum absolute atomic E-state index is 0. The molecule has 0 unspecified atom stereocenters. The van der Waals surface area contributed by atoms with Gasteiger partial charge in [-0.3, -0.25) is 4.99 Å². The zero-order valence-corrected chi connectivity index (χ0v) is 18.0. The Morgan fingerprint density at radius 2 is 1.81 bits per heavy atom. The van der Waals surface area contributed by atoms with E-state index in [1.807, 2.05) is 24.3 Å². The first kappa shape index (κ1) is 22.2. The summed E-state index contributed by atoms with van der Waals surface area (Å²) in [7, 11) is -0.0314. The summed E-state index contributed by atoms with van der Waals surface area (Å²) >= 11 is 0. The van der Waals surface area contributed by atoms with Gasteiger partial charge in [0.15, 0.2) is 15.8 Å². The van der Waals surface area contributed by atoms with Gasteiger partial charge in [0.2, 0.25) is 0 Å². The number of halogens is 1. The second kappa shape index (κ2) is 11.0. The third kappa shape index (κ3) is 6.83. The van der Waals surface area contributed by atoms with E-state index in [1.165, 1.54) is 0 Å². The van der Waals surface area contributed by atoms with Crippen molar-refractivity contribution >= 4 is 39.8 Å². The highest BCUT2D eigenvalue weighted by Gasteiger charge is 2.13. The van der Waals surface area contributed by atoms with Crippen LogP contribution in [0, 0.1) is 0 Å². The van der Waals surface area contributed by atoms with Crippen molar-refractivity contribution < 1.29 is 13.2 Å². The molecule has 0 aliphatic rings. The Morgan fingerprint density at radius 3 is 2.46 bits per heavy atom. The van der Waals surface area contributed by atoms with Crippen molar-refractivity contribution in [3.63, 3.8) is 0 Å². The van der Waals surface area contributed by atoms with Crippen LogP contribution in [0.5, 0.6) is 5.75 Å². The van der Waals surface area contributed by atoms with E-state index in [9.17, 15) is 8.42 Å². The van der Waals surface area contributed by atoms with Crippen molar-refractivity contribution in [2.75, 3.05) is 26.5 Å². The number of guanidine groups is 1. The maximum Gasteiger partial charge on any atom is 0.191 e. The van der Waals surface area contributed by atoms with Crippen molar-refractivity contribution in [3.05, 3.63) is 60.2 Å². The molecule has 0 spiro atoms. The highest BCUT2D eigenvalue weighted by atomic mass is 127. The zero-order valence-electron chi connectivity index (χ0n) is 14.8. The molecular formula is C18H24IN3O3S. The number of rotatable bonds is 7. The molecule has 6 nitrogen and oxygen atoms in total. The first-order valence-electron chi connectivity index (χ1n) is 7.90. The maximum atomic E-state index is 12.2. The molecule has 8 heteroatoms. The number of sulfone groups is 1. The predicted octanol–water partition coefficient (Wildman–Crippen LogP) is 2.45. The summed E-state index contributed by atoms with van der Waals surface area (Å²) in [5, 5.41) is 6.17. The molecule has 0 aromatic heterocycles. The van der Waals surface area contributed by atoms with Crippen LogP contribution in [-0.2, 0) is 16.4 Å². The largest absolute Gasteiger partial charge is 0.497 e. The van der Waals surface area contributed by atoms with E-state index < -0.39 is 9.84 Å². The first-order chi connectivity index (χ1) is 12.0. The van der Waals surface area contributed by atoms with Crippen LogP contribution < -0.4 is 15.4 Å². The lowest BCUT2D eigenvalue weighted by Crippen LogP contribution is -2.39. The fourth-order valence-corrected chi connectivity index (χ4v) is 3.42. The molecule has 2 rings (SSSR count). The lowest BCUT2D eigenvalue weighted by Gasteiger charge is -2.12. The van der Waals surface area contributed by atoms with Gasteiger partial charge >= 0.3 is 0 Å². The SMILES string of the molecule is CN=C(NCCS(=O)(=O)c1ccccc1)NCc1cccc(OC)c1.I. The number of ether oxygens (including phenoxy) is 1. The summed E-state index contributed by atoms with van der Waals surface area (Å²) < 4.78 is 29.7. The van der Waals surface area contributed by atoms with Gasteiger partial charge < -0.3 is 15.4 Å². The van der Waals surface area contributed by atoms with Crippen LogP contribution >= 0.6 is 24.0 Å². The molecule has 0 aliphatic carbocycles. The van der Waals surface area contributed by atoms with E-state index in [0.29, 0.717) is 17.4 Å². The van der Waals surface area contributed by atoms with Gasteiger partial charge in [0.1, 0.15) is 5.75 Å². The number of aliphatic imine (C=N–C) groups is 1. The number of methoxy groups -OCH3 is 1. The summed E-state index contributed by atoms with van der Waals surface area (Å²) in [4.78, 5) is 4.44. The van der Waals surface area contributed by atoms with Gasteiger partial charge in [-0.25, -0.2) is 8.42 Å². The summed E-state index contributed by atoms with van der Waals surface area (Å²) in [6.07, 6.45) is 0. The molecule has 2 aromatic rings. The molecule has 0 heterocycles. The van der Waals surface area contributed by atoms with E-state index in [0.717, 1.165) is 11.3 Å². The lowest BCUT2D eigenvalue weighted by atomic mass is 10.2. The standard InChI is InChI=1S/C18H23N3O3S.HI/c1-19-18(21-14-15-7-6-8-16(13-15)24-2)20-11-12-25(22,23)17-9-4-3-5-10-17;/h3-10,13H,11-12,14H2,1-2H3,(H2,19,20,21);1H. The molecule has 0 atom stereocenters. The Balaban J connectivity index is 0.00000338. The Hall–Kier alpha value is -1.81. The van der Waals surface area contributed by atoms with Crippen LogP contribution in [0.2, 0.25) is 0 Å². The van der Waals surface area contributed by atoms with Crippen molar-refractivity contribution in [3.8, 4) is 5.75 Å². The van der Waals surface area contributed by atoms with Crippen LogP contribution in [0.3, 0.4) is 0 Å². The van der Waals surface area contributed by atoms with Gasteiger partial charge in [0, 0.05) is 20.1 Å². The third-order valence-corrected chi connectivity index (χ3v) is 5.32. The predicted molar refractivity (Wildman–Crippen MR) is 115 cm³/mol. The van der Waals surface area contributed by atoms with Crippen LogP contribution in [0.1, 0.15) is 5.56 Å². The smallest absolute Gasteiger partial charge is 0.191 e. The van der Waals surface area contributed by atoms with Crippen LogP contribution in [-0.4, -0.2) is 40.8 Å². The van der Waals surface area contributed by atoms with E-state index in [2.05, 4.69) is 15.6 Å². The highest BCUT2D eigenvalue weighted by molar-refractivity contribution is 14.0. The van der Waals surface area contributed by atoms with Gasteiger partial charge in [0.25, 0.3) is 0 Å². The maximum absolute atomic E-state index is 12.2. The molecular weight excluding hydrogens is 465 g/mol. The second-order valence-electron chi connectivity index (χ2n) is 5.34. The number of nitrogens with one attached hydrogen (secondary N) is 2. The van der Waals surface area contributed by atoms with Gasteiger partial charge in [-0.1, -0.05) is 30.3 Å². The Morgan fingerprint density at radius 1 is 1.08 bits per heavy atom.